The molecule has 3 aromatic carbocycles. The number of anilines is 2. The molecule has 0 aromatic heterocycles. The van der Waals surface area contributed by atoms with E-state index < -0.39 is 21.7 Å². The van der Waals surface area contributed by atoms with Gasteiger partial charge in [0.1, 0.15) is 5.82 Å². The zero-order chi connectivity index (χ0) is 22.6. The Balaban J connectivity index is 1.81. The van der Waals surface area contributed by atoms with E-state index in [4.69, 9.17) is 0 Å². The first-order valence-electron chi connectivity index (χ1n) is 9.18. The molecule has 31 heavy (non-hydrogen) atoms. The quantitative estimate of drug-likeness (QED) is 0.611. The monoisotopic (exact) mass is 441 g/mol. The molecule has 3 rings (SSSR count). The Bertz CT molecular complexity index is 1240. The van der Waals surface area contributed by atoms with E-state index in [1.807, 2.05) is 0 Å². The Labute approximate surface area is 179 Å². The van der Waals surface area contributed by atoms with E-state index >= 15 is 0 Å². The second-order valence-electron chi connectivity index (χ2n) is 6.85. The van der Waals surface area contributed by atoms with Crippen molar-refractivity contribution in [2.75, 3.05) is 24.1 Å². The highest BCUT2D eigenvalue weighted by atomic mass is 32.2. The lowest BCUT2D eigenvalue weighted by Gasteiger charge is -2.12. The van der Waals surface area contributed by atoms with Gasteiger partial charge in [0.05, 0.1) is 10.6 Å². The van der Waals surface area contributed by atoms with E-state index in [1.54, 1.807) is 32.3 Å². The number of para-hydroxylation sites is 1. The first-order valence-corrected chi connectivity index (χ1v) is 10.7. The van der Waals surface area contributed by atoms with Gasteiger partial charge in [0.2, 0.25) is 0 Å². The Kier molecular flexibility index (Phi) is 6.36. The van der Waals surface area contributed by atoms with Crippen LogP contribution in [0, 0.1) is 5.82 Å². The zero-order valence-electron chi connectivity index (χ0n) is 16.8. The molecule has 0 radical (unpaired) electrons. The lowest BCUT2D eigenvalue weighted by Crippen LogP contribution is -2.22. The maximum atomic E-state index is 13.8. The molecule has 0 aliphatic heterocycles. The number of benzene rings is 3. The predicted molar refractivity (Wildman–Crippen MR) is 116 cm³/mol. The van der Waals surface area contributed by atoms with Crippen LogP contribution in [-0.4, -0.2) is 39.2 Å². The largest absolute Gasteiger partial charge is 0.345 e. The number of carbonyl (C=O) groups is 2. The van der Waals surface area contributed by atoms with Crippen molar-refractivity contribution in [1.29, 1.82) is 0 Å². The number of halogens is 1. The number of hydrogen-bond donors (Lipinski definition) is 2. The summed E-state index contributed by atoms with van der Waals surface area (Å²) in [4.78, 5) is 26.0. The molecule has 0 saturated carbocycles. The normalized spacial score (nSPS) is 10.9. The Morgan fingerprint density at radius 2 is 1.55 bits per heavy atom. The summed E-state index contributed by atoms with van der Waals surface area (Å²) in [6.45, 7) is 0. The molecule has 0 bridgehead atoms. The van der Waals surface area contributed by atoms with Crippen LogP contribution in [-0.2, 0) is 10.0 Å². The highest BCUT2D eigenvalue weighted by Gasteiger charge is 2.18. The van der Waals surface area contributed by atoms with E-state index in [0.717, 1.165) is 6.07 Å². The molecule has 9 heteroatoms. The van der Waals surface area contributed by atoms with Gasteiger partial charge in [-0.2, -0.15) is 0 Å². The number of rotatable bonds is 6. The summed E-state index contributed by atoms with van der Waals surface area (Å²) in [5.41, 5.74) is 0.670. The maximum Gasteiger partial charge on any atom is 0.262 e. The van der Waals surface area contributed by atoms with Crippen molar-refractivity contribution >= 4 is 33.2 Å². The molecular weight excluding hydrogens is 421 g/mol. The molecule has 7 nitrogen and oxygen atoms in total. The molecule has 160 valence electrons. The molecule has 2 amide bonds. The van der Waals surface area contributed by atoms with E-state index in [1.165, 1.54) is 53.4 Å². The molecule has 0 atom stereocenters. The minimum Gasteiger partial charge on any atom is -0.345 e. The number of hydrogen-bond acceptors (Lipinski definition) is 4. The molecule has 0 aliphatic rings. The van der Waals surface area contributed by atoms with Gasteiger partial charge in [-0.1, -0.05) is 24.3 Å². The van der Waals surface area contributed by atoms with Gasteiger partial charge in [0, 0.05) is 30.9 Å². The van der Waals surface area contributed by atoms with Crippen molar-refractivity contribution in [1.82, 2.24) is 4.90 Å². The SMILES string of the molecule is CN(C)C(=O)c1cccc(NC(=O)c2cccc(S(=O)(=O)Nc3ccccc3F)c2)c1. The highest BCUT2D eigenvalue weighted by Crippen LogP contribution is 2.20. The van der Waals surface area contributed by atoms with Crippen LogP contribution in [0.4, 0.5) is 15.8 Å². The third kappa shape index (κ3) is 5.26. The van der Waals surface area contributed by atoms with Crippen LogP contribution in [0.15, 0.2) is 77.7 Å². The van der Waals surface area contributed by atoms with E-state index in [-0.39, 0.29) is 22.1 Å². The van der Waals surface area contributed by atoms with Gasteiger partial charge in [0.25, 0.3) is 21.8 Å². The summed E-state index contributed by atoms with van der Waals surface area (Å²) in [5.74, 6) is -1.49. The number of nitrogens with zero attached hydrogens (tertiary/aromatic N) is 1. The van der Waals surface area contributed by atoms with Crippen LogP contribution in [0.25, 0.3) is 0 Å². The van der Waals surface area contributed by atoms with Gasteiger partial charge in [0.15, 0.2) is 0 Å². The van der Waals surface area contributed by atoms with Crippen LogP contribution >= 0.6 is 0 Å². The van der Waals surface area contributed by atoms with Crippen molar-refractivity contribution < 1.29 is 22.4 Å². The van der Waals surface area contributed by atoms with Crippen molar-refractivity contribution in [3.8, 4) is 0 Å². The third-order valence-electron chi connectivity index (χ3n) is 4.30. The number of nitrogens with one attached hydrogen (secondary N) is 2. The van der Waals surface area contributed by atoms with Gasteiger partial charge >= 0.3 is 0 Å². The lowest BCUT2D eigenvalue weighted by molar-refractivity contribution is 0.0827. The van der Waals surface area contributed by atoms with Gasteiger partial charge in [-0.15, -0.1) is 0 Å². The van der Waals surface area contributed by atoms with E-state index in [0.29, 0.717) is 11.3 Å². The summed E-state index contributed by atoms with van der Waals surface area (Å²) >= 11 is 0. The summed E-state index contributed by atoms with van der Waals surface area (Å²) in [6, 6.07) is 17.1. The summed E-state index contributed by atoms with van der Waals surface area (Å²) in [5, 5.41) is 2.64. The molecule has 0 spiro atoms. The molecule has 0 fully saturated rings. The van der Waals surface area contributed by atoms with Crippen LogP contribution in [0.3, 0.4) is 0 Å². The van der Waals surface area contributed by atoms with E-state index in [9.17, 15) is 22.4 Å². The zero-order valence-corrected chi connectivity index (χ0v) is 17.6. The second kappa shape index (κ2) is 8.97. The topological polar surface area (TPSA) is 95.6 Å². The van der Waals surface area contributed by atoms with Crippen LogP contribution in [0.2, 0.25) is 0 Å². The number of carbonyl (C=O) groups excluding carboxylic acids is 2. The fourth-order valence-electron chi connectivity index (χ4n) is 2.74. The van der Waals surface area contributed by atoms with Gasteiger partial charge < -0.3 is 10.2 Å². The molecule has 0 aliphatic carbocycles. The second-order valence-corrected chi connectivity index (χ2v) is 8.53. The number of amides is 2. The van der Waals surface area contributed by atoms with Gasteiger partial charge in [-0.05, 0) is 48.5 Å². The smallest absolute Gasteiger partial charge is 0.262 e. The Hall–Kier alpha value is -3.72. The third-order valence-corrected chi connectivity index (χ3v) is 5.66. The Morgan fingerprint density at radius 3 is 2.26 bits per heavy atom. The van der Waals surface area contributed by atoms with Crippen LogP contribution < -0.4 is 10.0 Å². The molecule has 0 heterocycles. The molecule has 0 saturated heterocycles. The molecular formula is C22H20FN3O4S. The van der Waals surface area contributed by atoms with Crippen molar-refractivity contribution in [3.63, 3.8) is 0 Å². The van der Waals surface area contributed by atoms with Crippen LogP contribution in [0.5, 0.6) is 0 Å². The summed E-state index contributed by atoms with van der Waals surface area (Å²) in [7, 11) is -0.873. The first-order chi connectivity index (χ1) is 14.7. The summed E-state index contributed by atoms with van der Waals surface area (Å²) < 4.78 is 41.2. The van der Waals surface area contributed by atoms with Gasteiger partial charge in [-0.25, -0.2) is 12.8 Å². The molecule has 3 aromatic rings. The first kappa shape index (κ1) is 22.0. The molecule has 0 unspecified atom stereocenters. The Morgan fingerprint density at radius 1 is 0.871 bits per heavy atom. The maximum absolute atomic E-state index is 13.8. The van der Waals surface area contributed by atoms with E-state index in [2.05, 4.69) is 10.0 Å². The highest BCUT2D eigenvalue weighted by molar-refractivity contribution is 7.92. The van der Waals surface area contributed by atoms with Crippen LogP contribution in [0.1, 0.15) is 20.7 Å². The average molecular weight is 441 g/mol. The van der Waals surface area contributed by atoms with Gasteiger partial charge in [-0.3, -0.25) is 14.3 Å². The fourth-order valence-corrected chi connectivity index (χ4v) is 3.86. The predicted octanol–water partition coefficient (Wildman–Crippen LogP) is 3.58. The molecule has 2 N–H and O–H groups in total. The van der Waals surface area contributed by atoms with Crippen molar-refractivity contribution in [3.05, 3.63) is 89.7 Å². The fraction of sp³-hybridized carbons (Fsp3) is 0.0909. The van der Waals surface area contributed by atoms with Crippen molar-refractivity contribution in [2.24, 2.45) is 0 Å². The summed E-state index contributed by atoms with van der Waals surface area (Å²) in [6.07, 6.45) is 0. The lowest BCUT2D eigenvalue weighted by atomic mass is 10.1. The number of sulfonamides is 1. The minimum absolute atomic E-state index is 0.0840. The standard InChI is InChI=1S/C22H20FN3O4S/c1-26(2)22(28)16-8-5-9-17(13-16)24-21(27)15-7-6-10-18(14-15)31(29,30)25-20-12-4-3-11-19(20)23/h3-14,25H,1-2H3,(H,24,27). The van der Waals surface area contributed by atoms with Crippen molar-refractivity contribution in [2.45, 2.75) is 4.90 Å². The average Bonchev–Trinajstić information content (AvgIpc) is 2.75. The minimum atomic E-state index is -4.11.